The maximum absolute atomic E-state index is 11.9. The van der Waals surface area contributed by atoms with Crippen molar-refractivity contribution in [1.82, 2.24) is 10.2 Å². The number of amides is 2. The molecule has 2 amide bonds. The maximum Gasteiger partial charge on any atom is 0.407 e. The number of nitrogens with zero attached hydrogens (tertiary/aromatic N) is 1. The molecule has 1 aliphatic rings. The molecule has 0 aromatic carbocycles. The SMILES string of the molecule is C[C@H]1CN(C(=O)CCC(=O)O)C[C@@H]1NC(=O)OC(C)(C)C. The molecule has 0 radical (unpaired) electrons. The van der Waals surface area contributed by atoms with Gasteiger partial charge in [-0.25, -0.2) is 4.79 Å². The van der Waals surface area contributed by atoms with Crippen LogP contribution in [0.5, 0.6) is 0 Å². The minimum Gasteiger partial charge on any atom is -0.481 e. The number of carboxylic acids is 1. The number of hydrogen-bond donors (Lipinski definition) is 2. The summed E-state index contributed by atoms with van der Waals surface area (Å²) < 4.78 is 5.19. The van der Waals surface area contributed by atoms with Gasteiger partial charge in [0.05, 0.1) is 12.5 Å². The molecule has 7 heteroatoms. The molecule has 0 aromatic heterocycles. The Hall–Kier alpha value is -1.79. The van der Waals surface area contributed by atoms with Crippen LogP contribution < -0.4 is 5.32 Å². The third-order valence-corrected chi connectivity index (χ3v) is 3.22. The van der Waals surface area contributed by atoms with Crippen LogP contribution >= 0.6 is 0 Å². The largest absolute Gasteiger partial charge is 0.481 e. The van der Waals surface area contributed by atoms with Crippen molar-refractivity contribution in [2.24, 2.45) is 5.92 Å². The van der Waals surface area contributed by atoms with E-state index in [0.717, 1.165) is 0 Å². The molecule has 2 atom stereocenters. The van der Waals surface area contributed by atoms with Gasteiger partial charge in [-0.2, -0.15) is 0 Å². The number of rotatable bonds is 4. The Labute approximate surface area is 124 Å². The molecule has 21 heavy (non-hydrogen) atoms. The van der Waals surface area contributed by atoms with Gasteiger partial charge in [-0.05, 0) is 26.7 Å². The molecule has 0 aromatic rings. The van der Waals surface area contributed by atoms with Crippen LogP contribution in [0.3, 0.4) is 0 Å². The highest BCUT2D eigenvalue weighted by molar-refractivity contribution is 5.81. The lowest BCUT2D eigenvalue weighted by molar-refractivity contribution is -0.140. The second-order valence-corrected chi connectivity index (χ2v) is 6.42. The first-order valence-electron chi connectivity index (χ1n) is 7.07. The Bertz CT molecular complexity index is 416. The molecule has 0 spiro atoms. The average molecular weight is 300 g/mol. The molecule has 1 aliphatic heterocycles. The monoisotopic (exact) mass is 300 g/mol. The van der Waals surface area contributed by atoms with Gasteiger partial charge in [-0.1, -0.05) is 6.92 Å². The van der Waals surface area contributed by atoms with Crippen LogP contribution in [0.15, 0.2) is 0 Å². The summed E-state index contributed by atoms with van der Waals surface area (Å²) >= 11 is 0. The van der Waals surface area contributed by atoms with E-state index in [9.17, 15) is 14.4 Å². The minimum absolute atomic E-state index is 0.0127. The Balaban J connectivity index is 2.47. The number of carbonyl (C=O) groups is 3. The normalized spacial score (nSPS) is 22.0. The average Bonchev–Trinajstić information content (AvgIpc) is 2.65. The lowest BCUT2D eigenvalue weighted by Gasteiger charge is -2.23. The maximum atomic E-state index is 11.9. The number of hydrogen-bond acceptors (Lipinski definition) is 4. The molecule has 0 unspecified atom stereocenters. The zero-order valence-corrected chi connectivity index (χ0v) is 13.0. The molecule has 0 aliphatic carbocycles. The van der Waals surface area contributed by atoms with Crippen LogP contribution in [-0.4, -0.2) is 52.7 Å². The quantitative estimate of drug-likeness (QED) is 0.814. The summed E-state index contributed by atoms with van der Waals surface area (Å²) in [7, 11) is 0. The number of ether oxygens (including phenoxy) is 1. The Kier molecular flexibility index (Phi) is 5.57. The van der Waals surface area contributed by atoms with E-state index >= 15 is 0 Å². The van der Waals surface area contributed by atoms with Gasteiger partial charge < -0.3 is 20.1 Å². The highest BCUT2D eigenvalue weighted by atomic mass is 16.6. The number of likely N-dealkylation sites (tertiary alicyclic amines) is 1. The predicted octanol–water partition coefficient (Wildman–Crippen LogP) is 1.22. The van der Waals surface area contributed by atoms with Crippen molar-refractivity contribution in [3.05, 3.63) is 0 Å². The molecule has 0 saturated carbocycles. The van der Waals surface area contributed by atoms with Crippen molar-refractivity contribution in [3.8, 4) is 0 Å². The molecular formula is C14H24N2O5. The van der Waals surface area contributed by atoms with Crippen molar-refractivity contribution < 1.29 is 24.2 Å². The zero-order chi connectivity index (χ0) is 16.2. The van der Waals surface area contributed by atoms with E-state index in [1.165, 1.54) is 0 Å². The summed E-state index contributed by atoms with van der Waals surface area (Å²) in [4.78, 5) is 35.7. The van der Waals surface area contributed by atoms with E-state index in [1.54, 1.807) is 25.7 Å². The molecule has 2 N–H and O–H groups in total. The van der Waals surface area contributed by atoms with Crippen LogP contribution in [0.25, 0.3) is 0 Å². The zero-order valence-electron chi connectivity index (χ0n) is 13.0. The van der Waals surface area contributed by atoms with Crippen molar-refractivity contribution in [2.45, 2.75) is 52.2 Å². The predicted molar refractivity (Wildman–Crippen MR) is 75.8 cm³/mol. The smallest absolute Gasteiger partial charge is 0.407 e. The van der Waals surface area contributed by atoms with Crippen LogP contribution in [0.4, 0.5) is 4.79 Å². The molecule has 0 bridgehead atoms. The highest BCUT2D eigenvalue weighted by Crippen LogP contribution is 2.18. The van der Waals surface area contributed by atoms with Crippen LogP contribution in [0, 0.1) is 5.92 Å². The van der Waals surface area contributed by atoms with E-state index in [1.807, 2.05) is 6.92 Å². The van der Waals surface area contributed by atoms with E-state index in [0.29, 0.717) is 13.1 Å². The van der Waals surface area contributed by atoms with E-state index < -0.39 is 17.7 Å². The molecule has 7 nitrogen and oxygen atoms in total. The van der Waals surface area contributed by atoms with E-state index in [4.69, 9.17) is 9.84 Å². The van der Waals surface area contributed by atoms with Crippen LogP contribution in [-0.2, 0) is 14.3 Å². The Morgan fingerprint density at radius 2 is 1.86 bits per heavy atom. The first-order chi connectivity index (χ1) is 9.58. The third kappa shape index (κ3) is 6.01. The van der Waals surface area contributed by atoms with Crippen molar-refractivity contribution >= 4 is 18.0 Å². The van der Waals surface area contributed by atoms with Crippen molar-refractivity contribution in [2.75, 3.05) is 13.1 Å². The lowest BCUT2D eigenvalue weighted by atomic mass is 10.1. The van der Waals surface area contributed by atoms with Crippen molar-refractivity contribution in [1.29, 1.82) is 0 Å². The molecule has 1 fully saturated rings. The van der Waals surface area contributed by atoms with Gasteiger partial charge in [-0.3, -0.25) is 9.59 Å². The van der Waals surface area contributed by atoms with Gasteiger partial charge in [0, 0.05) is 19.5 Å². The summed E-state index contributed by atoms with van der Waals surface area (Å²) in [6.45, 7) is 8.19. The summed E-state index contributed by atoms with van der Waals surface area (Å²) in [5.41, 5.74) is -0.567. The number of aliphatic carboxylic acids is 1. The Morgan fingerprint density at radius 1 is 1.24 bits per heavy atom. The molecule has 120 valence electrons. The second-order valence-electron chi connectivity index (χ2n) is 6.42. The van der Waals surface area contributed by atoms with Gasteiger partial charge in [0.2, 0.25) is 5.91 Å². The van der Waals surface area contributed by atoms with Crippen LogP contribution in [0.2, 0.25) is 0 Å². The fourth-order valence-corrected chi connectivity index (χ4v) is 2.19. The standard InChI is InChI=1S/C14H24N2O5/c1-9-7-16(11(17)5-6-12(18)19)8-10(9)15-13(20)21-14(2,3)4/h9-10H,5-8H2,1-4H3,(H,15,20)(H,18,19)/t9-,10-/m0/s1. The Morgan fingerprint density at radius 3 is 2.38 bits per heavy atom. The summed E-state index contributed by atoms with van der Waals surface area (Å²) in [5.74, 6) is -1.08. The van der Waals surface area contributed by atoms with Gasteiger partial charge in [0.1, 0.15) is 5.60 Å². The second kappa shape index (κ2) is 6.78. The number of nitrogens with one attached hydrogen (secondary N) is 1. The van der Waals surface area contributed by atoms with E-state index in [-0.39, 0.29) is 30.7 Å². The van der Waals surface area contributed by atoms with Crippen LogP contribution in [0.1, 0.15) is 40.5 Å². The molecule has 1 rings (SSSR count). The molecular weight excluding hydrogens is 276 g/mol. The van der Waals surface area contributed by atoms with Crippen molar-refractivity contribution in [3.63, 3.8) is 0 Å². The third-order valence-electron chi connectivity index (χ3n) is 3.22. The lowest BCUT2D eigenvalue weighted by Crippen LogP contribution is -2.43. The highest BCUT2D eigenvalue weighted by Gasteiger charge is 2.34. The summed E-state index contributed by atoms with van der Waals surface area (Å²) in [6, 6.07) is -0.173. The topological polar surface area (TPSA) is 95.9 Å². The summed E-state index contributed by atoms with van der Waals surface area (Å²) in [6.07, 6.45) is -0.686. The van der Waals surface area contributed by atoms with Gasteiger partial charge in [0.25, 0.3) is 0 Å². The molecule has 1 heterocycles. The minimum atomic E-state index is -0.987. The number of carbonyl (C=O) groups excluding carboxylic acids is 2. The fraction of sp³-hybridized carbons (Fsp3) is 0.786. The fourth-order valence-electron chi connectivity index (χ4n) is 2.19. The number of alkyl carbamates (subject to hydrolysis) is 1. The van der Waals surface area contributed by atoms with Gasteiger partial charge in [-0.15, -0.1) is 0 Å². The summed E-state index contributed by atoms with van der Waals surface area (Å²) in [5, 5.41) is 11.4. The first-order valence-corrected chi connectivity index (χ1v) is 7.07. The van der Waals surface area contributed by atoms with Gasteiger partial charge in [0.15, 0.2) is 0 Å². The number of carboxylic acid groups (broad SMARTS) is 1. The van der Waals surface area contributed by atoms with E-state index in [2.05, 4.69) is 5.32 Å². The van der Waals surface area contributed by atoms with Gasteiger partial charge >= 0.3 is 12.1 Å². The molecule has 1 saturated heterocycles. The first kappa shape index (κ1) is 17.3.